The fourth-order valence-corrected chi connectivity index (χ4v) is 6.88. The van der Waals surface area contributed by atoms with Gasteiger partial charge in [0.2, 0.25) is 5.91 Å². The number of aliphatic hydroxyl groups is 1. The minimum atomic E-state index is -1.10. The average molecular weight is 618 g/mol. The summed E-state index contributed by atoms with van der Waals surface area (Å²) in [5.74, 6) is 0.978. The number of hydrogen-bond donors (Lipinski definition) is 2. The van der Waals surface area contributed by atoms with Crippen molar-refractivity contribution >= 4 is 16.9 Å². The Hall–Kier alpha value is -4.73. The summed E-state index contributed by atoms with van der Waals surface area (Å²) in [6.45, 7) is 3.16. The van der Waals surface area contributed by atoms with Gasteiger partial charge in [-0.05, 0) is 67.3 Å². The molecule has 46 heavy (non-hydrogen) atoms. The summed E-state index contributed by atoms with van der Waals surface area (Å²) in [4.78, 5) is 33.7. The third kappa shape index (κ3) is 6.21. The molecular weight excluding hydrogens is 578 g/mol. The van der Waals surface area contributed by atoms with E-state index in [1.54, 1.807) is 6.07 Å². The molecule has 0 bridgehead atoms. The summed E-state index contributed by atoms with van der Waals surface area (Å²) in [6, 6.07) is 29.7. The van der Waals surface area contributed by atoms with E-state index in [9.17, 15) is 14.7 Å². The molecule has 0 unspecified atom stereocenters. The molecule has 2 saturated heterocycles. The molecule has 7 rings (SSSR count). The van der Waals surface area contributed by atoms with Gasteiger partial charge in [-0.2, -0.15) is 0 Å². The van der Waals surface area contributed by atoms with E-state index in [1.165, 1.54) is 16.5 Å². The molecule has 9 heteroatoms. The van der Waals surface area contributed by atoms with Gasteiger partial charge in [0.05, 0.1) is 17.5 Å². The molecule has 1 amide bonds. The monoisotopic (exact) mass is 617 g/mol. The number of ether oxygens (including phenoxy) is 1. The van der Waals surface area contributed by atoms with Crippen molar-refractivity contribution in [2.24, 2.45) is 5.92 Å². The Kier molecular flexibility index (Phi) is 8.43. The summed E-state index contributed by atoms with van der Waals surface area (Å²) in [6.07, 6.45) is 4.97. The highest BCUT2D eigenvalue weighted by molar-refractivity contribution is 5.80. The molecule has 2 fully saturated rings. The second-order valence-electron chi connectivity index (χ2n) is 12.5. The maximum atomic E-state index is 13.7. The van der Waals surface area contributed by atoms with Crippen LogP contribution in [0.2, 0.25) is 0 Å². The quantitative estimate of drug-likeness (QED) is 0.266. The lowest BCUT2D eigenvalue weighted by atomic mass is 9.80. The van der Waals surface area contributed by atoms with Crippen LogP contribution in [0.25, 0.3) is 16.7 Å². The number of piperidine rings is 2. The number of nitrogens with zero attached hydrogens (tertiary/aromatic N) is 4. The van der Waals surface area contributed by atoms with Gasteiger partial charge in [-0.25, -0.2) is 4.98 Å². The molecule has 2 atom stereocenters. The molecule has 9 nitrogen and oxygen atoms in total. The van der Waals surface area contributed by atoms with E-state index in [4.69, 9.17) is 4.74 Å². The summed E-state index contributed by atoms with van der Waals surface area (Å²) >= 11 is 0. The number of amides is 1. The molecule has 2 N–H and O–H groups in total. The Labute approximate surface area is 268 Å². The van der Waals surface area contributed by atoms with E-state index >= 15 is 0 Å². The molecule has 236 valence electrons. The van der Waals surface area contributed by atoms with E-state index in [1.807, 2.05) is 88.5 Å². The lowest BCUT2D eigenvalue weighted by molar-refractivity contribution is -0.141. The van der Waals surface area contributed by atoms with Crippen molar-refractivity contribution in [2.45, 2.75) is 43.9 Å². The number of carbonyl (C=O) groups is 1. The van der Waals surface area contributed by atoms with Crippen LogP contribution in [0, 0.1) is 5.92 Å². The first-order chi connectivity index (χ1) is 22.5. The summed E-state index contributed by atoms with van der Waals surface area (Å²) in [5, 5.41) is 15.5. The number of likely N-dealkylation sites (tertiary alicyclic amines) is 1. The van der Waals surface area contributed by atoms with Crippen molar-refractivity contribution in [1.29, 1.82) is 0 Å². The van der Waals surface area contributed by atoms with E-state index < -0.39 is 5.60 Å². The summed E-state index contributed by atoms with van der Waals surface area (Å²) in [7, 11) is 0. The molecule has 3 aromatic carbocycles. The van der Waals surface area contributed by atoms with Crippen LogP contribution < -0.4 is 15.6 Å². The van der Waals surface area contributed by atoms with Crippen LogP contribution in [0.4, 0.5) is 0 Å². The fourth-order valence-electron chi connectivity index (χ4n) is 6.88. The standard InChI is InChI=1S/C37H39N5O4/c43-35(31-15-19-38-23-33(31)28-9-5-2-6-10-28)40-21-17-37(45,18-22-40)25-41-26-39-34-32(36(41)44)16-20-42(34)29-11-13-30(14-12-29)46-24-27-7-3-1-4-8-27/h1-14,16,20,26,31,33,38,45H,15,17-19,21-25H2/t31-,33+/m1/s1. The van der Waals surface area contributed by atoms with E-state index in [0.29, 0.717) is 43.6 Å². The van der Waals surface area contributed by atoms with Gasteiger partial charge in [-0.15, -0.1) is 0 Å². The van der Waals surface area contributed by atoms with Crippen molar-refractivity contribution < 1.29 is 14.6 Å². The first kappa shape index (κ1) is 30.0. The smallest absolute Gasteiger partial charge is 0.262 e. The number of nitrogens with one attached hydrogen (secondary N) is 1. The van der Waals surface area contributed by atoms with Gasteiger partial charge >= 0.3 is 0 Å². The van der Waals surface area contributed by atoms with Crippen molar-refractivity contribution in [1.82, 2.24) is 24.3 Å². The SMILES string of the molecule is O=C([C@@H]1CCNC[C@H]1c1ccccc1)N1CCC(O)(Cn2cnc3c(ccn3-c3ccc(OCc4ccccc4)cc3)c2=O)CC1. The van der Waals surface area contributed by atoms with Crippen molar-refractivity contribution in [3.8, 4) is 11.4 Å². The second kappa shape index (κ2) is 12.9. The molecule has 0 spiro atoms. The topological polar surface area (TPSA) is 102 Å². The van der Waals surface area contributed by atoms with E-state index in [0.717, 1.165) is 36.5 Å². The van der Waals surface area contributed by atoms with Gasteiger partial charge in [0.15, 0.2) is 5.65 Å². The van der Waals surface area contributed by atoms with Gasteiger partial charge in [0, 0.05) is 43.4 Å². The molecule has 0 radical (unpaired) electrons. The van der Waals surface area contributed by atoms with Crippen molar-refractivity contribution in [3.05, 3.63) is 125 Å². The van der Waals surface area contributed by atoms with Crippen LogP contribution >= 0.6 is 0 Å². The zero-order valence-electron chi connectivity index (χ0n) is 25.8. The zero-order chi connectivity index (χ0) is 31.5. The number of benzene rings is 3. The molecule has 4 heterocycles. The number of aromatic nitrogens is 3. The van der Waals surface area contributed by atoms with Crippen LogP contribution in [0.15, 0.2) is 108 Å². The maximum Gasteiger partial charge on any atom is 0.262 e. The molecule has 0 aliphatic carbocycles. The van der Waals surface area contributed by atoms with E-state index in [-0.39, 0.29) is 29.8 Å². The number of fused-ring (bicyclic) bond motifs is 1. The molecule has 0 saturated carbocycles. The van der Waals surface area contributed by atoms with Gasteiger partial charge in [-0.3, -0.25) is 14.2 Å². The van der Waals surface area contributed by atoms with Gasteiger partial charge < -0.3 is 24.6 Å². The van der Waals surface area contributed by atoms with Crippen molar-refractivity contribution in [3.63, 3.8) is 0 Å². The molecule has 2 aliphatic heterocycles. The lowest BCUT2D eigenvalue weighted by Gasteiger charge is -2.41. The van der Waals surface area contributed by atoms with Crippen molar-refractivity contribution in [2.75, 3.05) is 26.2 Å². The largest absolute Gasteiger partial charge is 0.489 e. The van der Waals surface area contributed by atoms with Crippen LogP contribution in [0.5, 0.6) is 5.75 Å². The Morgan fingerprint density at radius 2 is 1.67 bits per heavy atom. The van der Waals surface area contributed by atoms with Crippen LogP contribution in [0.3, 0.4) is 0 Å². The first-order valence-electron chi connectivity index (χ1n) is 16.1. The van der Waals surface area contributed by atoms with Gasteiger partial charge in [-0.1, -0.05) is 60.7 Å². The minimum absolute atomic E-state index is 0.0777. The number of rotatable bonds is 8. The Morgan fingerprint density at radius 1 is 0.957 bits per heavy atom. The van der Waals surface area contributed by atoms with Crippen LogP contribution in [-0.4, -0.2) is 61.8 Å². The maximum absolute atomic E-state index is 13.7. The highest BCUT2D eigenvalue weighted by atomic mass is 16.5. The first-order valence-corrected chi connectivity index (χ1v) is 16.1. The third-order valence-electron chi connectivity index (χ3n) is 9.53. The van der Waals surface area contributed by atoms with E-state index in [2.05, 4.69) is 22.4 Å². The third-order valence-corrected chi connectivity index (χ3v) is 9.53. The summed E-state index contributed by atoms with van der Waals surface area (Å²) < 4.78 is 9.30. The molecule has 2 aromatic heterocycles. The predicted molar refractivity (Wildman–Crippen MR) is 177 cm³/mol. The highest BCUT2D eigenvalue weighted by Gasteiger charge is 2.39. The Balaban J connectivity index is 1.000. The minimum Gasteiger partial charge on any atom is -0.489 e. The normalized spacial score (nSPS) is 19.6. The average Bonchev–Trinajstić information content (AvgIpc) is 3.55. The Bertz CT molecular complexity index is 1840. The van der Waals surface area contributed by atoms with Gasteiger partial charge in [0.25, 0.3) is 5.56 Å². The van der Waals surface area contributed by atoms with Gasteiger partial charge in [0.1, 0.15) is 18.7 Å². The fraction of sp³-hybridized carbons (Fsp3) is 0.324. The Morgan fingerprint density at radius 3 is 2.41 bits per heavy atom. The molecular formula is C37H39N5O4. The summed E-state index contributed by atoms with van der Waals surface area (Å²) in [5.41, 5.74) is 2.41. The number of carbonyl (C=O) groups excluding carboxylic acids is 1. The zero-order valence-corrected chi connectivity index (χ0v) is 25.8. The second-order valence-corrected chi connectivity index (χ2v) is 12.5. The van der Waals surface area contributed by atoms with Crippen LogP contribution in [0.1, 0.15) is 36.3 Å². The number of hydrogen-bond acceptors (Lipinski definition) is 6. The van der Waals surface area contributed by atoms with Crippen LogP contribution in [-0.2, 0) is 17.9 Å². The molecule has 5 aromatic rings. The predicted octanol–water partition coefficient (Wildman–Crippen LogP) is 4.51. The highest BCUT2D eigenvalue weighted by Crippen LogP contribution is 2.33. The lowest BCUT2D eigenvalue weighted by Crippen LogP contribution is -2.52. The molecule has 2 aliphatic rings.